The molecule has 3 heterocycles. The highest BCUT2D eigenvalue weighted by atomic mass is 16.5. The van der Waals surface area contributed by atoms with Crippen molar-refractivity contribution >= 4 is 11.8 Å². The van der Waals surface area contributed by atoms with Crippen LogP contribution in [0.3, 0.4) is 0 Å². The average Bonchev–Trinajstić information content (AvgIpc) is 3.04. The largest absolute Gasteiger partial charge is 0.478 e. The minimum Gasteiger partial charge on any atom is -0.478 e. The van der Waals surface area contributed by atoms with E-state index in [9.17, 15) is 4.79 Å². The fourth-order valence-corrected chi connectivity index (χ4v) is 2.77. The van der Waals surface area contributed by atoms with Crippen LogP contribution in [0.25, 0.3) is 0 Å². The van der Waals surface area contributed by atoms with Gasteiger partial charge >= 0.3 is 0 Å². The number of hydrogen-bond donors (Lipinski definition) is 1. The molecule has 25 heavy (non-hydrogen) atoms. The van der Waals surface area contributed by atoms with E-state index in [4.69, 9.17) is 9.26 Å². The molecule has 0 fully saturated rings. The number of amides is 1. The Kier molecular flexibility index (Phi) is 5.28. The maximum atomic E-state index is 12.3. The van der Waals surface area contributed by atoms with Gasteiger partial charge in [0.05, 0.1) is 24.5 Å². The Morgan fingerprint density at radius 1 is 1.44 bits per heavy atom. The number of anilines is 1. The summed E-state index contributed by atoms with van der Waals surface area (Å²) in [5.74, 6) is 1.11. The highest BCUT2D eigenvalue weighted by Gasteiger charge is 2.23. The molecule has 0 saturated carbocycles. The average molecular weight is 345 g/mol. The molecule has 0 saturated heterocycles. The van der Waals surface area contributed by atoms with Gasteiger partial charge in [0.1, 0.15) is 6.33 Å². The number of carbonyl (C=O) groups is 1. The molecule has 1 aliphatic heterocycles. The Morgan fingerprint density at radius 3 is 3.00 bits per heavy atom. The number of rotatable bonds is 6. The molecule has 134 valence electrons. The third kappa shape index (κ3) is 4.14. The molecule has 0 aliphatic carbocycles. The Morgan fingerprint density at radius 2 is 2.28 bits per heavy atom. The molecule has 1 N–H and O–H groups in total. The van der Waals surface area contributed by atoms with E-state index in [1.165, 1.54) is 6.33 Å². The van der Waals surface area contributed by atoms with Crippen LogP contribution in [-0.2, 0) is 17.8 Å². The summed E-state index contributed by atoms with van der Waals surface area (Å²) >= 11 is 0. The third-order valence-corrected chi connectivity index (χ3v) is 4.07. The first kappa shape index (κ1) is 17.3. The van der Waals surface area contributed by atoms with E-state index < -0.39 is 0 Å². The third-order valence-electron chi connectivity index (χ3n) is 4.07. The van der Waals surface area contributed by atoms with Crippen molar-refractivity contribution < 1.29 is 14.1 Å². The fourth-order valence-electron chi connectivity index (χ4n) is 2.77. The Hall–Kier alpha value is -2.48. The quantitative estimate of drug-likeness (QED) is 0.855. The monoisotopic (exact) mass is 345 g/mol. The Balaban J connectivity index is 1.61. The minimum atomic E-state index is -0.135. The molecule has 3 rings (SSSR count). The molecule has 1 aliphatic rings. The van der Waals surface area contributed by atoms with E-state index in [1.54, 1.807) is 6.07 Å². The van der Waals surface area contributed by atoms with Crippen molar-refractivity contribution in [1.29, 1.82) is 0 Å². The van der Waals surface area contributed by atoms with Gasteiger partial charge in [-0.25, -0.2) is 9.97 Å². The molecule has 0 radical (unpaired) electrons. The Bertz CT molecular complexity index is 744. The summed E-state index contributed by atoms with van der Waals surface area (Å²) in [6.07, 6.45) is 2.30. The lowest BCUT2D eigenvalue weighted by Crippen LogP contribution is -2.37. The smallest absolute Gasteiger partial charge is 0.240 e. The Labute approximate surface area is 146 Å². The SMILES string of the molecule is CCOc1ncnc2c1CN(CC(=O)Nc1cc(C(C)C)no1)CC2. The number of nitrogens with one attached hydrogen (secondary N) is 1. The number of aromatic nitrogens is 3. The standard InChI is InChI=1S/C17H23N5O3/c1-4-24-17-12-8-22(6-5-13(12)18-10-19-17)9-15(23)20-16-7-14(11(2)3)21-25-16/h7,10-11H,4-6,8-9H2,1-3H3,(H,20,23). The van der Waals surface area contributed by atoms with Crippen LogP contribution in [0.15, 0.2) is 16.9 Å². The fraction of sp³-hybridized carbons (Fsp3) is 0.529. The van der Waals surface area contributed by atoms with Crippen LogP contribution in [0.2, 0.25) is 0 Å². The highest BCUT2D eigenvalue weighted by molar-refractivity contribution is 5.91. The molecule has 2 aromatic heterocycles. The molecular weight excluding hydrogens is 322 g/mol. The van der Waals surface area contributed by atoms with Gasteiger partial charge < -0.3 is 9.26 Å². The van der Waals surface area contributed by atoms with E-state index in [0.29, 0.717) is 24.9 Å². The van der Waals surface area contributed by atoms with Gasteiger partial charge in [0.25, 0.3) is 0 Å². The predicted octanol–water partition coefficient (Wildman–Crippen LogP) is 1.98. The normalized spacial score (nSPS) is 14.4. The maximum Gasteiger partial charge on any atom is 0.240 e. The van der Waals surface area contributed by atoms with E-state index >= 15 is 0 Å². The van der Waals surface area contributed by atoms with Gasteiger partial charge in [0.15, 0.2) is 0 Å². The molecule has 0 bridgehead atoms. The van der Waals surface area contributed by atoms with Crippen LogP contribution in [-0.4, -0.2) is 45.6 Å². The molecule has 1 amide bonds. The van der Waals surface area contributed by atoms with Gasteiger partial charge in [-0.15, -0.1) is 0 Å². The van der Waals surface area contributed by atoms with E-state index in [0.717, 1.165) is 29.9 Å². The summed E-state index contributed by atoms with van der Waals surface area (Å²) in [6, 6.07) is 1.76. The molecule has 8 nitrogen and oxygen atoms in total. The summed E-state index contributed by atoms with van der Waals surface area (Å²) in [7, 11) is 0. The van der Waals surface area contributed by atoms with Crippen LogP contribution in [0.4, 0.5) is 5.88 Å². The van der Waals surface area contributed by atoms with Crippen LogP contribution >= 0.6 is 0 Å². The zero-order valence-corrected chi connectivity index (χ0v) is 14.8. The van der Waals surface area contributed by atoms with E-state index in [1.807, 2.05) is 25.7 Å². The number of nitrogens with zero attached hydrogens (tertiary/aromatic N) is 4. The van der Waals surface area contributed by atoms with Crippen molar-refractivity contribution in [2.75, 3.05) is 25.0 Å². The first-order valence-electron chi connectivity index (χ1n) is 8.51. The first-order chi connectivity index (χ1) is 12.1. The van der Waals surface area contributed by atoms with E-state index in [2.05, 4.69) is 20.4 Å². The van der Waals surface area contributed by atoms with Crippen molar-refractivity contribution in [1.82, 2.24) is 20.0 Å². The summed E-state index contributed by atoms with van der Waals surface area (Å²) in [6.45, 7) is 8.12. The van der Waals surface area contributed by atoms with Crippen LogP contribution in [0.1, 0.15) is 43.6 Å². The zero-order valence-electron chi connectivity index (χ0n) is 14.8. The van der Waals surface area contributed by atoms with Gasteiger partial charge in [-0.05, 0) is 12.8 Å². The van der Waals surface area contributed by atoms with Gasteiger partial charge in [0, 0.05) is 31.1 Å². The molecular formula is C17H23N5O3. The van der Waals surface area contributed by atoms with Gasteiger partial charge in [-0.1, -0.05) is 19.0 Å². The lowest BCUT2D eigenvalue weighted by molar-refractivity contribution is -0.117. The van der Waals surface area contributed by atoms with Crippen molar-refractivity contribution in [3.05, 3.63) is 29.3 Å². The second kappa shape index (κ2) is 7.60. The predicted molar refractivity (Wildman–Crippen MR) is 91.4 cm³/mol. The van der Waals surface area contributed by atoms with Crippen LogP contribution in [0, 0.1) is 0 Å². The second-order valence-electron chi connectivity index (χ2n) is 6.32. The molecule has 0 spiro atoms. The lowest BCUT2D eigenvalue weighted by Gasteiger charge is -2.27. The molecule has 2 aromatic rings. The summed E-state index contributed by atoms with van der Waals surface area (Å²) in [4.78, 5) is 22.8. The van der Waals surface area contributed by atoms with Crippen molar-refractivity contribution in [2.24, 2.45) is 0 Å². The molecule has 8 heteroatoms. The van der Waals surface area contributed by atoms with Crippen LogP contribution < -0.4 is 10.1 Å². The zero-order chi connectivity index (χ0) is 17.8. The summed E-state index contributed by atoms with van der Waals surface area (Å²) < 4.78 is 10.7. The second-order valence-corrected chi connectivity index (χ2v) is 6.32. The first-order valence-corrected chi connectivity index (χ1v) is 8.51. The highest BCUT2D eigenvalue weighted by Crippen LogP contribution is 2.24. The summed E-state index contributed by atoms with van der Waals surface area (Å²) in [5, 5.41) is 6.70. The number of carbonyl (C=O) groups excluding carboxylic acids is 1. The lowest BCUT2D eigenvalue weighted by atomic mass is 10.1. The molecule has 0 aromatic carbocycles. The topological polar surface area (TPSA) is 93.4 Å². The van der Waals surface area contributed by atoms with Gasteiger partial charge in [-0.2, -0.15) is 0 Å². The minimum absolute atomic E-state index is 0.135. The number of ether oxygens (including phenoxy) is 1. The number of fused-ring (bicyclic) bond motifs is 1. The van der Waals surface area contributed by atoms with E-state index in [-0.39, 0.29) is 18.4 Å². The van der Waals surface area contributed by atoms with Crippen molar-refractivity contribution in [3.63, 3.8) is 0 Å². The van der Waals surface area contributed by atoms with Crippen LogP contribution in [0.5, 0.6) is 5.88 Å². The maximum absolute atomic E-state index is 12.3. The molecule has 0 atom stereocenters. The van der Waals surface area contributed by atoms with Crippen molar-refractivity contribution in [2.45, 2.75) is 39.7 Å². The number of hydrogen-bond acceptors (Lipinski definition) is 7. The van der Waals surface area contributed by atoms with Gasteiger partial charge in [0.2, 0.25) is 17.7 Å². The molecule has 0 unspecified atom stereocenters. The van der Waals surface area contributed by atoms with Crippen molar-refractivity contribution in [3.8, 4) is 5.88 Å². The van der Waals surface area contributed by atoms with Gasteiger partial charge in [-0.3, -0.25) is 15.0 Å². The summed E-state index contributed by atoms with van der Waals surface area (Å²) in [5.41, 5.74) is 2.78.